The number of benzene rings is 1. The highest BCUT2D eigenvalue weighted by atomic mass is 19.1. The van der Waals surface area contributed by atoms with E-state index in [4.69, 9.17) is 4.74 Å². The number of carboxylic acid groups (broad SMARTS) is 1. The van der Waals surface area contributed by atoms with Crippen LogP contribution in [0, 0.1) is 11.7 Å². The third kappa shape index (κ3) is 2.72. The van der Waals surface area contributed by atoms with E-state index in [1.807, 2.05) is 0 Å². The fourth-order valence-corrected chi connectivity index (χ4v) is 4.82. The number of carbonyl (C=O) groups is 2. The second kappa shape index (κ2) is 6.80. The third-order valence-electron chi connectivity index (χ3n) is 6.38. The first-order valence-corrected chi connectivity index (χ1v) is 10.2. The molecule has 0 unspecified atom stereocenters. The van der Waals surface area contributed by atoms with Crippen molar-refractivity contribution in [2.75, 3.05) is 25.1 Å². The van der Waals surface area contributed by atoms with Gasteiger partial charge in [-0.25, -0.2) is 9.18 Å². The zero-order valence-electron chi connectivity index (χ0n) is 16.5. The molecule has 2 atom stereocenters. The Morgan fingerprint density at radius 2 is 2.07 bits per heavy atom. The lowest BCUT2D eigenvalue weighted by Crippen LogP contribution is -2.44. The molecule has 3 heterocycles. The van der Waals surface area contributed by atoms with Crippen LogP contribution in [0.1, 0.15) is 42.1 Å². The number of piperidine rings is 1. The molecule has 2 aromatic rings. The Bertz CT molecular complexity index is 1140. The molecular weight excluding hydrogens is 393 g/mol. The number of nitrogens with one attached hydrogen (secondary N) is 1. The van der Waals surface area contributed by atoms with Crippen LogP contribution in [-0.4, -0.2) is 47.8 Å². The number of halogens is 1. The van der Waals surface area contributed by atoms with Gasteiger partial charge in [-0.2, -0.15) is 0 Å². The first-order chi connectivity index (χ1) is 14.4. The maximum absolute atomic E-state index is 15.3. The summed E-state index contributed by atoms with van der Waals surface area (Å²) in [6.07, 6.45) is 4.79. The number of rotatable bonds is 4. The van der Waals surface area contributed by atoms with Crippen molar-refractivity contribution in [3.05, 3.63) is 33.9 Å². The van der Waals surface area contributed by atoms with Crippen molar-refractivity contribution in [1.82, 2.24) is 9.88 Å². The van der Waals surface area contributed by atoms with Gasteiger partial charge in [-0.15, -0.1) is 0 Å². The van der Waals surface area contributed by atoms with Crippen molar-refractivity contribution in [3.63, 3.8) is 0 Å². The average molecular weight is 415 g/mol. The van der Waals surface area contributed by atoms with E-state index in [2.05, 4.69) is 5.32 Å². The van der Waals surface area contributed by atoms with E-state index < -0.39 is 22.8 Å². The molecule has 8 nitrogen and oxygen atoms in total. The van der Waals surface area contributed by atoms with E-state index in [-0.39, 0.29) is 40.7 Å². The van der Waals surface area contributed by atoms with Crippen molar-refractivity contribution in [3.8, 4) is 5.75 Å². The number of aromatic carboxylic acids is 1. The van der Waals surface area contributed by atoms with Crippen LogP contribution < -0.4 is 20.4 Å². The van der Waals surface area contributed by atoms with Crippen molar-refractivity contribution < 1.29 is 23.8 Å². The van der Waals surface area contributed by atoms with Crippen molar-refractivity contribution in [2.45, 2.75) is 37.8 Å². The molecule has 158 valence electrons. The molecule has 0 bridgehead atoms. The summed E-state index contributed by atoms with van der Waals surface area (Å²) in [7, 11) is 1.37. The summed E-state index contributed by atoms with van der Waals surface area (Å²) in [4.78, 5) is 38.8. The normalized spacial score (nSPS) is 23.7. The molecule has 2 N–H and O–H groups in total. The highest BCUT2D eigenvalue weighted by Gasteiger charge is 2.44. The van der Waals surface area contributed by atoms with Gasteiger partial charge >= 0.3 is 5.97 Å². The van der Waals surface area contributed by atoms with Gasteiger partial charge in [0.25, 0.3) is 0 Å². The summed E-state index contributed by atoms with van der Waals surface area (Å²) in [5.41, 5.74) is -0.817. The van der Waals surface area contributed by atoms with Gasteiger partial charge in [-0.3, -0.25) is 9.59 Å². The summed E-state index contributed by atoms with van der Waals surface area (Å²) in [5, 5.41) is 12.6. The lowest BCUT2D eigenvalue weighted by molar-refractivity contribution is -0.119. The molecule has 0 radical (unpaired) electrons. The number of carboxylic acids is 1. The first kappa shape index (κ1) is 19.0. The summed E-state index contributed by atoms with van der Waals surface area (Å²) in [6.45, 7) is 1.12. The number of ether oxygens (including phenoxy) is 1. The molecule has 0 spiro atoms. The Balaban J connectivity index is 1.76. The smallest absolute Gasteiger partial charge is 0.341 e. The summed E-state index contributed by atoms with van der Waals surface area (Å²) in [6, 6.07) is 0.708. The Morgan fingerprint density at radius 1 is 1.30 bits per heavy atom. The highest BCUT2D eigenvalue weighted by Crippen LogP contribution is 2.45. The van der Waals surface area contributed by atoms with Crippen molar-refractivity contribution in [2.24, 2.45) is 5.92 Å². The molecule has 1 saturated carbocycles. The zero-order valence-corrected chi connectivity index (χ0v) is 16.5. The molecule has 3 aliphatic rings. The van der Waals surface area contributed by atoms with E-state index in [0.29, 0.717) is 12.1 Å². The number of pyridine rings is 1. The summed E-state index contributed by atoms with van der Waals surface area (Å²) < 4.78 is 22.6. The Labute approximate surface area is 171 Å². The predicted molar refractivity (Wildman–Crippen MR) is 107 cm³/mol. The predicted octanol–water partition coefficient (Wildman–Crippen LogP) is 1.90. The van der Waals surface area contributed by atoms with Gasteiger partial charge in [-0.05, 0) is 38.3 Å². The minimum atomic E-state index is -1.36. The van der Waals surface area contributed by atoms with Gasteiger partial charge in [0.2, 0.25) is 11.3 Å². The summed E-state index contributed by atoms with van der Waals surface area (Å²) >= 11 is 0. The number of hydrogen-bond donors (Lipinski definition) is 2. The van der Waals surface area contributed by atoms with Gasteiger partial charge in [0, 0.05) is 24.7 Å². The van der Waals surface area contributed by atoms with E-state index in [1.54, 1.807) is 4.57 Å². The number of anilines is 1. The SMILES string of the molecule is COc1c(N2C[C@@H]3CCCN[C@@H]3C2=O)c(F)cc2c(=O)c(C(=O)O)cn(C3CC3)c12. The first-order valence-electron chi connectivity index (χ1n) is 10.2. The Morgan fingerprint density at radius 3 is 2.70 bits per heavy atom. The number of hydrogen-bond acceptors (Lipinski definition) is 5. The van der Waals surface area contributed by atoms with Crippen LogP contribution >= 0.6 is 0 Å². The third-order valence-corrected chi connectivity index (χ3v) is 6.38. The minimum absolute atomic E-state index is 0.0111. The molecule has 1 aliphatic carbocycles. The lowest BCUT2D eigenvalue weighted by Gasteiger charge is -2.23. The number of carbonyl (C=O) groups excluding carboxylic acids is 1. The fourth-order valence-electron chi connectivity index (χ4n) is 4.82. The van der Waals surface area contributed by atoms with Crippen LogP contribution in [0.15, 0.2) is 17.1 Å². The second-order valence-corrected chi connectivity index (χ2v) is 8.23. The van der Waals surface area contributed by atoms with E-state index in [1.165, 1.54) is 18.2 Å². The van der Waals surface area contributed by atoms with Crippen LogP contribution in [0.4, 0.5) is 10.1 Å². The number of nitrogens with zero attached hydrogens (tertiary/aromatic N) is 2. The zero-order chi connectivity index (χ0) is 21.2. The minimum Gasteiger partial charge on any atom is -0.492 e. The van der Waals surface area contributed by atoms with Crippen LogP contribution in [-0.2, 0) is 4.79 Å². The molecular formula is C21H22FN3O5. The van der Waals surface area contributed by atoms with E-state index in [9.17, 15) is 19.5 Å². The molecule has 5 rings (SSSR count). The van der Waals surface area contributed by atoms with Gasteiger partial charge in [0.05, 0.1) is 24.1 Å². The van der Waals surface area contributed by atoms with Gasteiger partial charge in [0.15, 0.2) is 11.6 Å². The fraction of sp³-hybridized carbons (Fsp3) is 0.476. The molecule has 9 heteroatoms. The topological polar surface area (TPSA) is 101 Å². The number of amides is 1. The molecule has 1 aromatic heterocycles. The highest BCUT2D eigenvalue weighted by molar-refractivity contribution is 6.05. The quantitative estimate of drug-likeness (QED) is 0.791. The summed E-state index contributed by atoms with van der Waals surface area (Å²) in [5.74, 6) is -2.15. The average Bonchev–Trinajstić information content (AvgIpc) is 3.52. The molecule has 1 aromatic carbocycles. The number of methoxy groups -OCH3 is 1. The van der Waals surface area contributed by atoms with Gasteiger partial charge < -0.3 is 24.6 Å². The molecule has 1 amide bonds. The maximum atomic E-state index is 15.3. The number of aromatic nitrogens is 1. The van der Waals surface area contributed by atoms with Crippen LogP contribution in [0.25, 0.3) is 10.9 Å². The Hall–Kier alpha value is -2.94. The van der Waals surface area contributed by atoms with Gasteiger partial charge in [0.1, 0.15) is 11.3 Å². The largest absolute Gasteiger partial charge is 0.492 e. The van der Waals surface area contributed by atoms with E-state index in [0.717, 1.165) is 38.3 Å². The second-order valence-electron chi connectivity index (χ2n) is 8.23. The van der Waals surface area contributed by atoms with Crippen LogP contribution in [0.5, 0.6) is 5.75 Å². The maximum Gasteiger partial charge on any atom is 0.341 e. The number of fused-ring (bicyclic) bond motifs is 2. The van der Waals surface area contributed by atoms with Crippen LogP contribution in [0.3, 0.4) is 0 Å². The molecule has 2 saturated heterocycles. The monoisotopic (exact) mass is 415 g/mol. The Kier molecular flexibility index (Phi) is 4.32. The van der Waals surface area contributed by atoms with Crippen LogP contribution in [0.2, 0.25) is 0 Å². The molecule has 2 aliphatic heterocycles. The van der Waals surface area contributed by atoms with Gasteiger partial charge in [-0.1, -0.05) is 0 Å². The standard InChI is InChI=1S/C21H22FN3O5/c1-30-19-16-12(18(26)13(21(28)29)9-24(16)11-4-5-11)7-14(22)17(19)25-8-10-3-2-6-23-15(10)20(25)27/h7,9-11,15,23H,2-6,8H2,1H3,(H,28,29)/t10-,15-/m0/s1. The van der Waals surface area contributed by atoms with Crippen molar-refractivity contribution >= 4 is 28.5 Å². The molecule has 30 heavy (non-hydrogen) atoms. The van der Waals surface area contributed by atoms with Crippen molar-refractivity contribution in [1.29, 1.82) is 0 Å². The lowest BCUT2D eigenvalue weighted by atomic mass is 9.94. The van der Waals surface area contributed by atoms with E-state index >= 15 is 4.39 Å². The molecule has 3 fully saturated rings.